The number of rotatable bonds is 6. The molecule has 3 rings (SSSR count). The van der Waals surface area contributed by atoms with E-state index in [0.29, 0.717) is 12.1 Å². The Balaban J connectivity index is 2.00. The summed E-state index contributed by atoms with van der Waals surface area (Å²) in [5, 5.41) is 3.00. The van der Waals surface area contributed by atoms with Gasteiger partial charge in [-0.05, 0) is 45.7 Å². The molecule has 6 heteroatoms. The lowest BCUT2D eigenvalue weighted by Crippen LogP contribution is -2.55. The van der Waals surface area contributed by atoms with Crippen LogP contribution in [0.3, 0.4) is 0 Å². The number of hydrogen-bond acceptors (Lipinski definition) is 3. The summed E-state index contributed by atoms with van der Waals surface area (Å²) in [4.78, 5) is 15.5. The van der Waals surface area contributed by atoms with E-state index in [0.717, 1.165) is 31.0 Å². The van der Waals surface area contributed by atoms with Gasteiger partial charge in [0.05, 0.1) is 13.2 Å². The Kier molecular flexibility index (Phi) is 6.22. The molecule has 0 bridgehead atoms. The van der Waals surface area contributed by atoms with E-state index in [-0.39, 0.29) is 11.3 Å². The van der Waals surface area contributed by atoms with Crippen LogP contribution < -0.4 is 10.1 Å². The second-order valence-corrected chi connectivity index (χ2v) is 8.12. The van der Waals surface area contributed by atoms with Crippen LogP contribution in [0.25, 0.3) is 0 Å². The Bertz CT molecular complexity index is 871. The molecule has 1 fully saturated rings. The van der Waals surface area contributed by atoms with Crippen LogP contribution in [0.4, 0.5) is 8.78 Å². The van der Waals surface area contributed by atoms with E-state index in [4.69, 9.17) is 4.74 Å². The summed E-state index contributed by atoms with van der Waals surface area (Å²) >= 11 is 0. The molecule has 2 aromatic carbocycles. The summed E-state index contributed by atoms with van der Waals surface area (Å²) in [6.07, 6.45) is 2.19. The van der Waals surface area contributed by atoms with E-state index < -0.39 is 29.1 Å². The number of amides is 1. The molecule has 0 saturated carbocycles. The molecule has 0 aliphatic carbocycles. The molecule has 2 atom stereocenters. The first-order valence-electron chi connectivity index (χ1n) is 9.91. The first-order chi connectivity index (χ1) is 13.8. The Morgan fingerprint density at radius 3 is 2.52 bits per heavy atom. The van der Waals surface area contributed by atoms with Gasteiger partial charge in [0.2, 0.25) is 0 Å². The average Bonchev–Trinajstić information content (AvgIpc) is 3.12. The predicted molar refractivity (Wildman–Crippen MR) is 109 cm³/mol. The van der Waals surface area contributed by atoms with Crippen LogP contribution in [0.15, 0.2) is 42.5 Å². The van der Waals surface area contributed by atoms with Crippen molar-refractivity contribution < 1.29 is 18.3 Å². The monoisotopic (exact) mass is 402 g/mol. The SMILES string of the molecule is COc1cc(F)cc(F)c1C(=O)NC(c1ccccc1)C(C)(C)N1CCCC1C. The van der Waals surface area contributed by atoms with E-state index in [1.807, 2.05) is 30.3 Å². The van der Waals surface area contributed by atoms with Crippen LogP contribution >= 0.6 is 0 Å². The van der Waals surface area contributed by atoms with Crippen LogP contribution in [0.5, 0.6) is 5.75 Å². The number of methoxy groups -OCH3 is 1. The zero-order valence-electron chi connectivity index (χ0n) is 17.3. The lowest BCUT2D eigenvalue weighted by Gasteiger charge is -2.45. The van der Waals surface area contributed by atoms with Crippen molar-refractivity contribution in [3.05, 3.63) is 65.2 Å². The summed E-state index contributed by atoms with van der Waals surface area (Å²) in [6.45, 7) is 7.29. The molecule has 1 heterocycles. The summed E-state index contributed by atoms with van der Waals surface area (Å²) in [6, 6.07) is 11.3. The number of hydrogen-bond donors (Lipinski definition) is 1. The van der Waals surface area contributed by atoms with E-state index in [9.17, 15) is 13.6 Å². The largest absolute Gasteiger partial charge is 0.496 e. The predicted octanol–water partition coefficient (Wildman–Crippen LogP) is 4.71. The Hall–Kier alpha value is -2.47. The highest BCUT2D eigenvalue weighted by Gasteiger charge is 2.41. The minimum absolute atomic E-state index is 0.126. The topological polar surface area (TPSA) is 41.6 Å². The highest BCUT2D eigenvalue weighted by Crippen LogP contribution is 2.37. The molecule has 0 aromatic heterocycles. The standard InChI is InChI=1S/C23H28F2N2O2/c1-15-9-8-12-27(15)23(2,3)21(16-10-6-5-7-11-16)26-22(28)20-18(25)13-17(24)14-19(20)29-4/h5-7,10-11,13-15,21H,8-9,12H2,1-4H3,(H,26,28). The van der Waals surface area contributed by atoms with Crippen molar-refractivity contribution in [2.75, 3.05) is 13.7 Å². The first-order valence-corrected chi connectivity index (χ1v) is 9.91. The maximum absolute atomic E-state index is 14.5. The van der Waals surface area contributed by atoms with Gasteiger partial charge < -0.3 is 10.1 Å². The summed E-state index contributed by atoms with van der Waals surface area (Å²) in [5.74, 6) is -2.49. The van der Waals surface area contributed by atoms with Gasteiger partial charge in [-0.2, -0.15) is 0 Å². The third kappa shape index (κ3) is 4.27. The van der Waals surface area contributed by atoms with Gasteiger partial charge in [0.1, 0.15) is 22.9 Å². The van der Waals surface area contributed by atoms with Gasteiger partial charge in [-0.3, -0.25) is 9.69 Å². The second kappa shape index (κ2) is 8.49. The Labute approximate surface area is 170 Å². The van der Waals surface area contributed by atoms with Gasteiger partial charge in [-0.25, -0.2) is 8.78 Å². The number of carbonyl (C=O) groups excluding carboxylic acids is 1. The van der Waals surface area contributed by atoms with Crippen molar-refractivity contribution in [2.45, 2.75) is 51.2 Å². The summed E-state index contributed by atoms with van der Waals surface area (Å²) in [7, 11) is 1.29. The number of ether oxygens (including phenoxy) is 1. The van der Waals surface area contributed by atoms with Crippen LogP contribution in [0.2, 0.25) is 0 Å². The zero-order valence-corrected chi connectivity index (χ0v) is 17.3. The fourth-order valence-electron chi connectivity index (χ4n) is 4.40. The zero-order chi connectivity index (χ0) is 21.2. The maximum Gasteiger partial charge on any atom is 0.258 e. The molecule has 2 unspecified atom stereocenters. The molecule has 1 aliphatic heterocycles. The van der Waals surface area contributed by atoms with Crippen molar-refractivity contribution in [2.24, 2.45) is 0 Å². The number of nitrogens with one attached hydrogen (secondary N) is 1. The number of benzene rings is 2. The third-order valence-corrected chi connectivity index (χ3v) is 5.87. The molecule has 29 heavy (non-hydrogen) atoms. The Morgan fingerprint density at radius 1 is 1.24 bits per heavy atom. The molecule has 0 spiro atoms. The number of halogens is 2. The van der Waals surface area contributed by atoms with E-state index in [1.165, 1.54) is 7.11 Å². The van der Waals surface area contributed by atoms with Gasteiger partial charge in [0.15, 0.2) is 0 Å². The quantitative estimate of drug-likeness (QED) is 0.761. The molecule has 4 nitrogen and oxygen atoms in total. The van der Waals surface area contributed by atoms with Gasteiger partial charge >= 0.3 is 0 Å². The first kappa shape index (κ1) is 21.2. The summed E-state index contributed by atoms with van der Waals surface area (Å²) < 4.78 is 33.1. The summed E-state index contributed by atoms with van der Waals surface area (Å²) in [5.41, 5.74) is 0.211. The van der Waals surface area contributed by atoms with E-state index in [1.54, 1.807) is 0 Å². The van der Waals surface area contributed by atoms with Crippen molar-refractivity contribution in [1.82, 2.24) is 10.2 Å². The van der Waals surface area contributed by atoms with Crippen molar-refractivity contribution >= 4 is 5.91 Å². The van der Waals surface area contributed by atoms with Gasteiger partial charge in [-0.15, -0.1) is 0 Å². The molecule has 0 radical (unpaired) electrons. The lowest BCUT2D eigenvalue weighted by atomic mass is 9.86. The average molecular weight is 402 g/mol. The van der Waals surface area contributed by atoms with Crippen molar-refractivity contribution in [3.63, 3.8) is 0 Å². The van der Waals surface area contributed by atoms with Crippen molar-refractivity contribution in [1.29, 1.82) is 0 Å². The molecule has 1 amide bonds. The van der Waals surface area contributed by atoms with Crippen LogP contribution in [0, 0.1) is 11.6 Å². The van der Waals surface area contributed by atoms with Crippen molar-refractivity contribution in [3.8, 4) is 5.75 Å². The second-order valence-electron chi connectivity index (χ2n) is 8.12. The van der Waals surface area contributed by atoms with Gasteiger partial charge in [-0.1, -0.05) is 30.3 Å². The van der Waals surface area contributed by atoms with Gasteiger partial charge in [0, 0.05) is 23.7 Å². The van der Waals surface area contributed by atoms with E-state index >= 15 is 0 Å². The minimum atomic E-state index is -0.946. The molecule has 156 valence electrons. The normalized spacial score (nSPS) is 18.5. The van der Waals surface area contributed by atoms with Crippen LogP contribution in [-0.2, 0) is 0 Å². The fraction of sp³-hybridized carbons (Fsp3) is 0.435. The Morgan fingerprint density at radius 2 is 1.93 bits per heavy atom. The molecular formula is C23H28F2N2O2. The number of carbonyl (C=O) groups is 1. The van der Waals surface area contributed by atoms with Gasteiger partial charge in [0.25, 0.3) is 5.91 Å². The lowest BCUT2D eigenvalue weighted by molar-refractivity contribution is 0.0628. The molecule has 1 aliphatic rings. The highest BCUT2D eigenvalue weighted by atomic mass is 19.1. The maximum atomic E-state index is 14.5. The number of nitrogens with zero attached hydrogens (tertiary/aromatic N) is 1. The van der Waals surface area contributed by atoms with E-state index in [2.05, 4.69) is 31.0 Å². The van der Waals surface area contributed by atoms with Crippen LogP contribution in [0.1, 0.15) is 55.6 Å². The molecular weight excluding hydrogens is 374 g/mol. The fourth-order valence-corrected chi connectivity index (χ4v) is 4.40. The smallest absolute Gasteiger partial charge is 0.258 e. The molecule has 1 saturated heterocycles. The number of likely N-dealkylation sites (tertiary alicyclic amines) is 1. The molecule has 2 aromatic rings. The van der Waals surface area contributed by atoms with Crippen LogP contribution in [-0.4, -0.2) is 36.0 Å². The molecule has 1 N–H and O–H groups in total. The third-order valence-electron chi connectivity index (χ3n) is 5.87. The minimum Gasteiger partial charge on any atom is -0.496 e. The highest BCUT2D eigenvalue weighted by molar-refractivity contribution is 5.97.